The third kappa shape index (κ3) is 3.71. The van der Waals surface area contributed by atoms with Gasteiger partial charge in [0.1, 0.15) is 17.2 Å². The highest BCUT2D eigenvalue weighted by atomic mass is 16.6. The van der Waals surface area contributed by atoms with E-state index in [2.05, 4.69) is 25.6 Å². The van der Waals surface area contributed by atoms with Crippen molar-refractivity contribution in [1.82, 2.24) is 30.0 Å². The molecular weight excluding hydrogens is 422 g/mol. The van der Waals surface area contributed by atoms with Crippen LogP contribution in [0.1, 0.15) is 20.8 Å². The van der Waals surface area contributed by atoms with E-state index in [0.717, 1.165) is 4.73 Å². The molecule has 5 heterocycles. The van der Waals surface area contributed by atoms with Crippen LogP contribution in [0.3, 0.4) is 0 Å². The quantitative estimate of drug-likeness (QED) is 0.346. The third-order valence-corrected chi connectivity index (χ3v) is 4.95. The van der Waals surface area contributed by atoms with Gasteiger partial charge in [0.25, 0.3) is 0 Å². The number of hydrogen-bond donors (Lipinski definition) is 3. The van der Waals surface area contributed by atoms with E-state index in [-0.39, 0.29) is 11.6 Å². The highest BCUT2D eigenvalue weighted by molar-refractivity contribution is 5.95. The summed E-state index contributed by atoms with van der Waals surface area (Å²) in [5.74, 6) is 0.945. The average molecular weight is 443 g/mol. The van der Waals surface area contributed by atoms with Crippen molar-refractivity contribution in [3.63, 3.8) is 0 Å². The minimum absolute atomic E-state index is 0.161. The first-order valence-corrected chi connectivity index (χ1v) is 10.2. The maximum atomic E-state index is 12.4. The van der Waals surface area contributed by atoms with Gasteiger partial charge in [-0.2, -0.15) is 4.73 Å². The first kappa shape index (κ1) is 20.4. The fraction of sp³-hybridized carbons (Fsp3) is 0.174. The van der Waals surface area contributed by atoms with Gasteiger partial charge in [0.15, 0.2) is 11.6 Å². The predicted molar refractivity (Wildman–Crippen MR) is 121 cm³/mol. The summed E-state index contributed by atoms with van der Waals surface area (Å²) in [4.78, 5) is 29.8. The Morgan fingerprint density at radius 2 is 1.82 bits per heavy atom. The Hall–Kier alpha value is -4.47. The highest BCUT2D eigenvalue weighted by Gasteiger charge is 2.29. The molecule has 0 aliphatic carbocycles. The van der Waals surface area contributed by atoms with E-state index in [0.29, 0.717) is 39.6 Å². The van der Waals surface area contributed by atoms with E-state index in [1.807, 2.05) is 26.8 Å². The molecule has 0 unspecified atom stereocenters. The lowest BCUT2D eigenvalue weighted by Gasteiger charge is -2.20. The highest BCUT2D eigenvalue weighted by Crippen LogP contribution is 2.44. The van der Waals surface area contributed by atoms with Crippen LogP contribution in [-0.2, 0) is 0 Å². The molecule has 166 valence electrons. The van der Waals surface area contributed by atoms with Crippen LogP contribution < -0.4 is 15.4 Å². The monoisotopic (exact) mass is 443 g/mol. The normalized spacial score (nSPS) is 12.0. The summed E-state index contributed by atoms with van der Waals surface area (Å²) in [6, 6.07) is 7.08. The zero-order valence-electron chi connectivity index (χ0n) is 18.2. The van der Waals surface area contributed by atoms with Gasteiger partial charge in [-0.1, -0.05) is 0 Å². The molecule has 10 nitrogen and oxygen atoms in total. The number of carbonyl (C=O) groups excluding carboxylic acids is 1. The van der Waals surface area contributed by atoms with E-state index in [1.54, 1.807) is 43.0 Å². The van der Waals surface area contributed by atoms with Crippen LogP contribution in [0.25, 0.3) is 33.9 Å². The lowest BCUT2D eigenvalue weighted by Crippen LogP contribution is -2.42. The van der Waals surface area contributed by atoms with E-state index < -0.39 is 11.6 Å². The number of pyridine rings is 3. The van der Waals surface area contributed by atoms with Crippen molar-refractivity contribution in [1.29, 1.82) is 0 Å². The molecule has 1 aliphatic rings. The molecule has 4 aromatic rings. The van der Waals surface area contributed by atoms with E-state index in [4.69, 9.17) is 9.72 Å². The van der Waals surface area contributed by atoms with E-state index in [1.165, 1.54) is 6.20 Å². The van der Waals surface area contributed by atoms with Crippen molar-refractivity contribution >= 4 is 17.6 Å². The van der Waals surface area contributed by atoms with Crippen molar-refractivity contribution in [3.05, 3.63) is 55.2 Å². The molecular formula is C23H21N7O3. The van der Waals surface area contributed by atoms with Gasteiger partial charge in [-0.05, 0) is 45.0 Å². The van der Waals surface area contributed by atoms with Gasteiger partial charge < -0.3 is 20.6 Å². The topological polar surface area (TPSA) is 127 Å². The molecule has 0 spiro atoms. The number of rotatable bonds is 2. The summed E-state index contributed by atoms with van der Waals surface area (Å²) in [5.41, 5.74) is 2.99. The minimum Gasteiger partial charge on any atom is -0.426 e. The molecule has 0 atom stereocenters. The van der Waals surface area contributed by atoms with Gasteiger partial charge in [-0.15, -0.1) is 0 Å². The third-order valence-electron chi connectivity index (χ3n) is 4.95. The lowest BCUT2D eigenvalue weighted by molar-refractivity contribution is 0.188. The van der Waals surface area contributed by atoms with Crippen molar-refractivity contribution < 1.29 is 14.7 Å². The number of imidazole rings is 1. The summed E-state index contributed by atoms with van der Waals surface area (Å²) in [6.07, 6.45) is 7.28. The van der Waals surface area contributed by atoms with Gasteiger partial charge in [0.2, 0.25) is 0 Å². The first-order valence-electron chi connectivity index (χ1n) is 10.2. The van der Waals surface area contributed by atoms with Crippen LogP contribution in [0.15, 0.2) is 55.2 Å². The molecule has 4 aromatic heterocycles. The lowest BCUT2D eigenvalue weighted by atomic mass is 10.1. The second-order valence-corrected chi connectivity index (χ2v) is 8.53. The zero-order chi connectivity index (χ0) is 23.2. The summed E-state index contributed by atoms with van der Waals surface area (Å²) in [6.45, 7) is 5.55. The van der Waals surface area contributed by atoms with E-state index in [9.17, 15) is 10.0 Å². The van der Waals surface area contributed by atoms with Gasteiger partial charge in [-0.3, -0.25) is 9.97 Å². The van der Waals surface area contributed by atoms with Crippen LogP contribution in [0.5, 0.6) is 5.75 Å². The maximum absolute atomic E-state index is 12.4. The Morgan fingerprint density at radius 1 is 1.06 bits per heavy atom. The molecule has 33 heavy (non-hydrogen) atoms. The second kappa shape index (κ2) is 7.59. The number of ether oxygens (including phenoxy) is 1. The maximum Gasteiger partial charge on any atom is 0.413 e. The molecule has 1 aliphatic heterocycles. The zero-order valence-corrected chi connectivity index (χ0v) is 18.2. The Kier molecular flexibility index (Phi) is 4.70. The number of hydrogen-bond acceptors (Lipinski definition) is 8. The first-order chi connectivity index (χ1) is 15.8. The number of carbonyl (C=O) groups is 1. The number of nitrogens with zero attached hydrogens (tertiary/aromatic N) is 5. The summed E-state index contributed by atoms with van der Waals surface area (Å²) in [7, 11) is 0. The van der Waals surface area contributed by atoms with Crippen molar-refractivity contribution in [2.45, 2.75) is 26.3 Å². The molecule has 3 N–H and O–H groups in total. The Bertz CT molecular complexity index is 1370. The number of amides is 1. The number of fused-ring (bicyclic) bond motifs is 5. The molecule has 0 radical (unpaired) electrons. The fourth-order valence-corrected chi connectivity index (χ4v) is 3.62. The molecule has 0 saturated carbocycles. The van der Waals surface area contributed by atoms with Gasteiger partial charge in [0.05, 0.1) is 23.6 Å². The summed E-state index contributed by atoms with van der Waals surface area (Å²) in [5, 5.41) is 17.3. The van der Waals surface area contributed by atoms with Crippen molar-refractivity contribution in [2.75, 3.05) is 5.32 Å². The van der Waals surface area contributed by atoms with Crippen molar-refractivity contribution in [3.8, 4) is 39.7 Å². The van der Waals surface area contributed by atoms with Crippen molar-refractivity contribution in [2.24, 2.45) is 0 Å². The summed E-state index contributed by atoms with van der Waals surface area (Å²) < 4.78 is 6.50. The smallest absolute Gasteiger partial charge is 0.413 e. The van der Waals surface area contributed by atoms with Crippen LogP contribution in [0.2, 0.25) is 0 Å². The Balaban J connectivity index is 1.67. The Morgan fingerprint density at radius 3 is 2.61 bits per heavy atom. The Labute approximate surface area is 189 Å². The molecule has 0 bridgehead atoms. The molecule has 0 saturated heterocycles. The number of anilines is 2. The van der Waals surface area contributed by atoms with Gasteiger partial charge in [0, 0.05) is 35.3 Å². The van der Waals surface area contributed by atoms with Gasteiger partial charge in [-0.25, -0.2) is 14.8 Å². The molecule has 5 rings (SSSR count). The molecule has 0 aromatic carbocycles. The largest absolute Gasteiger partial charge is 0.426 e. The van der Waals surface area contributed by atoms with Gasteiger partial charge >= 0.3 is 6.09 Å². The molecule has 1 amide bonds. The predicted octanol–water partition coefficient (Wildman–Crippen LogP) is 4.25. The number of aromatic nitrogens is 5. The van der Waals surface area contributed by atoms with Crippen LogP contribution in [0, 0.1) is 0 Å². The SMILES string of the molecule is CC(C)(C)NC(=O)Oc1cnccc1-c1nc2c(n1O)-c1ccncc1Nc1ncccc1-2. The van der Waals surface area contributed by atoms with Crippen LogP contribution in [-0.4, -0.2) is 41.5 Å². The summed E-state index contributed by atoms with van der Waals surface area (Å²) >= 11 is 0. The minimum atomic E-state index is -0.635. The average Bonchev–Trinajstić information content (AvgIpc) is 3.02. The standard InChI is InChI=1S/C23H21N7O3/c1-23(2,3)29-22(31)33-17-12-25-10-7-14(17)21-28-18-15-5-4-8-26-20(15)27-16-11-24-9-6-13(16)19(18)30(21)32/h4-12,32H,1-3H3,(H,26,27)(H,29,31). The fourth-order valence-electron chi connectivity index (χ4n) is 3.62. The van der Waals surface area contributed by atoms with Crippen LogP contribution in [0.4, 0.5) is 16.3 Å². The molecule has 10 heteroatoms. The second-order valence-electron chi connectivity index (χ2n) is 8.53. The van der Waals surface area contributed by atoms with Crippen LogP contribution >= 0.6 is 0 Å². The van der Waals surface area contributed by atoms with E-state index >= 15 is 0 Å². The molecule has 0 fully saturated rings. The number of nitrogens with one attached hydrogen (secondary N) is 2.